The van der Waals surface area contributed by atoms with Gasteiger partial charge in [0.2, 0.25) is 0 Å². The Morgan fingerprint density at radius 1 is 1.05 bits per heavy atom. The van der Waals surface area contributed by atoms with Gasteiger partial charge in [-0.25, -0.2) is 0 Å². The topological polar surface area (TPSA) is 34.1 Å². The summed E-state index contributed by atoms with van der Waals surface area (Å²) >= 11 is 3.41. The Bertz CT molecular complexity index is 537. The molecule has 1 atom stereocenters. The Morgan fingerprint density at radius 3 is 2.11 bits per heavy atom. The van der Waals surface area contributed by atoms with Crippen molar-refractivity contribution < 1.29 is 9.59 Å². The van der Waals surface area contributed by atoms with Crippen LogP contribution in [-0.4, -0.2) is 11.6 Å². The second-order valence-electron chi connectivity index (χ2n) is 6.64. The Balaban J connectivity index is 1.89. The van der Waals surface area contributed by atoms with Crippen LogP contribution in [0.25, 0.3) is 0 Å². The molecule has 2 fully saturated rings. The van der Waals surface area contributed by atoms with Crippen LogP contribution in [0.2, 0.25) is 0 Å². The molecule has 1 aromatic rings. The highest BCUT2D eigenvalue weighted by Gasteiger charge is 2.67. The van der Waals surface area contributed by atoms with Crippen molar-refractivity contribution in [3.05, 3.63) is 34.3 Å². The molecule has 1 unspecified atom stereocenters. The van der Waals surface area contributed by atoms with Gasteiger partial charge in [-0.05, 0) is 29.5 Å². The van der Waals surface area contributed by atoms with Crippen LogP contribution in [0.4, 0.5) is 0 Å². The van der Waals surface area contributed by atoms with Crippen LogP contribution >= 0.6 is 15.9 Å². The molecule has 0 aromatic heterocycles. The number of halogens is 1. The third-order valence-corrected chi connectivity index (χ3v) is 5.04. The Kier molecular flexibility index (Phi) is 2.76. The van der Waals surface area contributed by atoms with E-state index < -0.39 is 5.41 Å². The number of Topliss-reactive ketones (excluding diaryl/α,β-unsaturated/α-hetero) is 2. The second-order valence-corrected chi connectivity index (χ2v) is 7.56. The molecule has 1 aromatic carbocycles. The minimum atomic E-state index is -0.677. The average Bonchev–Trinajstić information content (AvgIpc) is 3.03. The van der Waals surface area contributed by atoms with Crippen molar-refractivity contribution in [3.8, 4) is 0 Å². The Hall–Kier alpha value is -0.960. The summed E-state index contributed by atoms with van der Waals surface area (Å²) < 4.78 is 1.02. The van der Waals surface area contributed by atoms with Crippen LogP contribution in [-0.2, 0) is 9.59 Å². The Labute approximate surface area is 121 Å². The molecule has 0 radical (unpaired) electrons. The maximum absolute atomic E-state index is 12.4. The molecular weight excluding hydrogens is 304 g/mol. The molecule has 3 heteroatoms. The molecular formula is C16H17BrO2. The number of benzene rings is 1. The van der Waals surface area contributed by atoms with Gasteiger partial charge in [0.15, 0.2) is 0 Å². The van der Waals surface area contributed by atoms with E-state index in [0.29, 0.717) is 19.3 Å². The van der Waals surface area contributed by atoms with Gasteiger partial charge in [0, 0.05) is 23.2 Å². The molecule has 2 aliphatic carbocycles. The molecule has 0 saturated heterocycles. The summed E-state index contributed by atoms with van der Waals surface area (Å²) in [5.41, 5.74) is 0.278. The van der Waals surface area contributed by atoms with Crippen molar-refractivity contribution in [2.24, 2.45) is 10.8 Å². The highest BCUT2D eigenvalue weighted by molar-refractivity contribution is 9.10. The lowest BCUT2D eigenvalue weighted by atomic mass is 9.68. The minimum absolute atomic E-state index is 0.108. The zero-order valence-corrected chi connectivity index (χ0v) is 12.8. The van der Waals surface area contributed by atoms with E-state index in [2.05, 4.69) is 15.9 Å². The van der Waals surface area contributed by atoms with E-state index in [-0.39, 0.29) is 22.9 Å². The van der Waals surface area contributed by atoms with E-state index in [4.69, 9.17) is 0 Å². The summed E-state index contributed by atoms with van der Waals surface area (Å²) in [5.74, 6) is 0.417. The molecule has 0 N–H and O–H groups in total. The van der Waals surface area contributed by atoms with Gasteiger partial charge < -0.3 is 0 Å². The highest BCUT2D eigenvalue weighted by Crippen LogP contribution is 2.64. The number of hydrogen-bond acceptors (Lipinski definition) is 2. The van der Waals surface area contributed by atoms with Gasteiger partial charge in [0.1, 0.15) is 11.6 Å². The van der Waals surface area contributed by atoms with Crippen molar-refractivity contribution in [2.75, 3.05) is 0 Å². The zero-order chi connectivity index (χ0) is 13.8. The summed E-state index contributed by atoms with van der Waals surface area (Å²) in [5, 5.41) is 0. The number of rotatable bonds is 1. The first-order valence-corrected chi connectivity index (χ1v) is 7.46. The maximum Gasteiger partial charge on any atom is 0.147 e. The molecule has 0 amide bonds. The predicted octanol–water partition coefficient (Wildman–Crippen LogP) is 3.88. The van der Waals surface area contributed by atoms with Crippen LogP contribution in [0.15, 0.2) is 28.7 Å². The second kappa shape index (κ2) is 4.02. The smallest absolute Gasteiger partial charge is 0.147 e. The van der Waals surface area contributed by atoms with Crippen molar-refractivity contribution in [1.29, 1.82) is 0 Å². The molecule has 2 aliphatic rings. The third-order valence-electron chi connectivity index (χ3n) is 4.51. The zero-order valence-electron chi connectivity index (χ0n) is 11.2. The standard InChI is InChI=1S/C16H17BrO2/c1-15(2)8-13(18)16(14(19)9-15)7-12(16)10-3-5-11(17)6-4-10/h3-6,12H,7-9H2,1-2H3. The predicted molar refractivity (Wildman–Crippen MR) is 77.0 cm³/mol. The Morgan fingerprint density at radius 2 is 1.58 bits per heavy atom. The monoisotopic (exact) mass is 320 g/mol. The molecule has 19 heavy (non-hydrogen) atoms. The summed E-state index contributed by atoms with van der Waals surface area (Å²) in [6.07, 6.45) is 1.78. The van der Waals surface area contributed by atoms with Gasteiger partial charge in [0.25, 0.3) is 0 Å². The quantitative estimate of drug-likeness (QED) is 0.736. The number of carbonyl (C=O) groups is 2. The summed E-state index contributed by atoms with van der Waals surface area (Å²) in [7, 11) is 0. The normalized spacial score (nSPS) is 27.6. The molecule has 3 rings (SSSR count). The molecule has 0 heterocycles. The molecule has 100 valence electrons. The SMILES string of the molecule is CC1(C)CC(=O)C2(CC2c2ccc(Br)cc2)C(=O)C1. The summed E-state index contributed by atoms with van der Waals surface area (Å²) in [4.78, 5) is 24.8. The summed E-state index contributed by atoms with van der Waals surface area (Å²) in [6, 6.07) is 7.99. The third kappa shape index (κ3) is 1.99. The van der Waals surface area contributed by atoms with Gasteiger partial charge in [-0.15, -0.1) is 0 Å². The molecule has 0 aliphatic heterocycles. The van der Waals surface area contributed by atoms with Crippen LogP contribution in [0.3, 0.4) is 0 Å². The van der Waals surface area contributed by atoms with Crippen LogP contribution in [0.5, 0.6) is 0 Å². The highest BCUT2D eigenvalue weighted by atomic mass is 79.9. The molecule has 2 saturated carbocycles. The van der Waals surface area contributed by atoms with Gasteiger partial charge in [-0.3, -0.25) is 9.59 Å². The lowest BCUT2D eigenvalue weighted by Crippen LogP contribution is -2.40. The fourth-order valence-corrected chi connectivity index (χ4v) is 3.64. The van der Waals surface area contributed by atoms with Crippen molar-refractivity contribution >= 4 is 27.5 Å². The molecule has 0 bridgehead atoms. The van der Waals surface area contributed by atoms with Gasteiger partial charge >= 0.3 is 0 Å². The first-order valence-electron chi connectivity index (χ1n) is 6.67. The number of carbonyl (C=O) groups excluding carboxylic acids is 2. The average molecular weight is 321 g/mol. The van der Waals surface area contributed by atoms with Crippen molar-refractivity contribution in [2.45, 2.75) is 39.0 Å². The largest absolute Gasteiger partial charge is 0.299 e. The number of ketones is 2. The van der Waals surface area contributed by atoms with Gasteiger partial charge in [-0.2, -0.15) is 0 Å². The van der Waals surface area contributed by atoms with Crippen LogP contribution in [0.1, 0.15) is 44.6 Å². The van der Waals surface area contributed by atoms with E-state index in [1.165, 1.54) is 0 Å². The lowest BCUT2D eigenvalue weighted by Gasteiger charge is -2.32. The first-order chi connectivity index (χ1) is 8.85. The van der Waals surface area contributed by atoms with E-state index in [9.17, 15) is 9.59 Å². The van der Waals surface area contributed by atoms with Crippen LogP contribution < -0.4 is 0 Å². The fourth-order valence-electron chi connectivity index (χ4n) is 3.38. The van der Waals surface area contributed by atoms with E-state index in [1.54, 1.807) is 0 Å². The van der Waals surface area contributed by atoms with Crippen molar-refractivity contribution in [3.63, 3.8) is 0 Å². The van der Waals surface area contributed by atoms with Gasteiger partial charge in [0.05, 0.1) is 5.41 Å². The first kappa shape index (κ1) is 13.0. The molecule has 2 nitrogen and oxygen atoms in total. The number of hydrogen-bond donors (Lipinski definition) is 0. The van der Waals surface area contributed by atoms with Crippen LogP contribution in [0, 0.1) is 10.8 Å². The van der Waals surface area contributed by atoms with Crippen molar-refractivity contribution in [1.82, 2.24) is 0 Å². The van der Waals surface area contributed by atoms with E-state index in [1.807, 2.05) is 38.1 Å². The van der Waals surface area contributed by atoms with E-state index >= 15 is 0 Å². The fraction of sp³-hybridized carbons (Fsp3) is 0.500. The molecule has 1 spiro atoms. The minimum Gasteiger partial charge on any atom is -0.299 e. The lowest BCUT2D eigenvalue weighted by molar-refractivity contribution is -0.141. The summed E-state index contributed by atoms with van der Waals surface area (Å²) in [6.45, 7) is 4.01. The van der Waals surface area contributed by atoms with E-state index in [0.717, 1.165) is 10.0 Å². The van der Waals surface area contributed by atoms with Gasteiger partial charge in [-0.1, -0.05) is 41.9 Å². The maximum atomic E-state index is 12.4.